The molecule has 6 heteroatoms. The lowest BCUT2D eigenvalue weighted by atomic mass is 9.84. The molecule has 4 rings (SSSR count). The van der Waals surface area contributed by atoms with E-state index in [0.29, 0.717) is 5.75 Å². The van der Waals surface area contributed by atoms with Crippen molar-refractivity contribution >= 4 is 23.8 Å². The Kier molecular flexibility index (Phi) is 9.22. The van der Waals surface area contributed by atoms with Crippen LogP contribution in [0.25, 0.3) is 0 Å². The number of hydrogen-bond acceptors (Lipinski definition) is 4. The van der Waals surface area contributed by atoms with Crippen molar-refractivity contribution in [2.24, 2.45) is 0 Å². The van der Waals surface area contributed by atoms with Crippen LogP contribution in [0.3, 0.4) is 0 Å². The molecule has 4 aromatic rings. The van der Waals surface area contributed by atoms with Gasteiger partial charge in [-0.2, -0.15) is 0 Å². The summed E-state index contributed by atoms with van der Waals surface area (Å²) < 4.78 is 4.84. The maximum atomic E-state index is 12.7. The van der Waals surface area contributed by atoms with Crippen molar-refractivity contribution < 1.29 is 19.4 Å². The van der Waals surface area contributed by atoms with Crippen molar-refractivity contribution in [3.05, 3.63) is 144 Å². The van der Waals surface area contributed by atoms with Crippen molar-refractivity contribution in [2.75, 3.05) is 12.8 Å². The Balaban J connectivity index is 1.57. The van der Waals surface area contributed by atoms with Crippen molar-refractivity contribution in [3.63, 3.8) is 0 Å². The molecule has 0 unspecified atom stereocenters. The van der Waals surface area contributed by atoms with E-state index in [-0.39, 0.29) is 13.0 Å². The van der Waals surface area contributed by atoms with Crippen LogP contribution >= 0.6 is 11.8 Å². The second-order valence-corrected chi connectivity index (χ2v) is 10.2. The number of amides is 1. The van der Waals surface area contributed by atoms with Gasteiger partial charge in [-0.15, -0.1) is 11.8 Å². The SMILES string of the molecule is CN(C(=O)OCc1ccccc1)[C@@H](CCSC(c1ccccc1)(c1ccccc1)c1ccccc1)C(=O)O. The Labute approximate surface area is 228 Å². The predicted octanol–water partition coefficient (Wildman–Crippen LogP) is 6.82. The van der Waals surface area contributed by atoms with Gasteiger partial charge in [-0.05, 0) is 34.4 Å². The molecule has 0 radical (unpaired) electrons. The zero-order chi connectivity index (χ0) is 26.8. The summed E-state index contributed by atoms with van der Waals surface area (Å²) in [6.45, 7) is 0.0875. The number of carboxylic acid groups (broad SMARTS) is 1. The average molecular weight is 526 g/mol. The van der Waals surface area contributed by atoms with Crippen LogP contribution in [-0.2, 0) is 20.9 Å². The first-order chi connectivity index (χ1) is 18.5. The molecule has 194 valence electrons. The zero-order valence-electron chi connectivity index (χ0n) is 21.3. The van der Waals surface area contributed by atoms with Crippen LogP contribution in [0.5, 0.6) is 0 Å². The number of aliphatic carboxylic acids is 1. The van der Waals surface area contributed by atoms with Crippen LogP contribution in [0.4, 0.5) is 4.79 Å². The van der Waals surface area contributed by atoms with E-state index >= 15 is 0 Å². The number of benzene rings is 4. The Bertz CT molecular complexity index is 1200. The van der Waals surface area contributed by atoms with E-state index in [1.807, 2.05) is 84.9 Å². The summed E-state index contributed by atoms with van der Waals surface area (Å²) in [6, 6.07) is 39.0. The molecule has 0 saturated heterocycles. The molecule has 0 heterocycles. The standard InChI is InChI=1S/C32H31NO4S/c1-33(31(36)37-24-25-14-6-2-7-15-25)29(30(34)35)22-23-38-32(26-16-8-3-9-17-26,27-18-10-4-11-19-27)28-20-12-5-13-21-28/h2-21,29H,22-24H2,1H3,(H,34,35)/t29-/m0/s1. The highest BCUT2D eigenvalue weighted by Crippen LogP contribution is 2.48. The molecule has 4 aromatic carbocycles. The number of carboxylic acids is 1. The minimum atomic E-state index is -1.06. The highest BCUT2D eigenvalue weighted by Gasteiger charge is 2.37. The third-order valence-corrected chi connectivity index (χ3v) is 8.08. The van der Waals surface area contributed by atoms with Gasteiger partial charge in [0.15, 0.2) is 0 Å². The van der Waals surface area contributed by atoms with Crippen LogP contribution in [0, 0.1) is 0 Å². The predicted molar refractivity (Wildman–Crippen MR) is 152 cm³/mol. The first-order valence-corrected chi connectivity index (χ1v) is 13.5. The third-order valence-electron chi connectivity index (χ3n) is 6.50. The highest BCUT2D eigenvalue weighted by atomic mass is 32.2. The van der Waals surface area contributed by atoms with Crippen molar-refractivity contribution in [1.82, 2.24) is 4.90 Å². The van der Waals surface area contributed by atoms with Crippen LogP contribution in [0.1, 0.15) is 28.7 Å². The summed E-state index contributed by atoms with van der Waals surface area (Å²) in [5, 5.41) is 10.00. The van der Waals surface area contributed by atoms with Crippen molar-refractivity contribution in [1.29, 1.82) is 0 Å². The number of carbonyl (C=O) groups is 2. The molecule has 5 nitrogen and oxygen atoms in total. The number of nitrogens with zero attached hydrogens (tertiary/aromatic N) is 1. The Hall–Kier alpha value is -4.03. The molecule has 1 atom stereocenters. The molecule has 38 heavy (non-hydrogen) atoms. The van der Waals surface area contributed by atoms with Gasteiger partial charge in [-0.3, -0.25) is 4.90 Å². The molecular formula is C32H31NO4S. The molecule has 0 aliphatic carbocycles. The third kappa shape index (κ3) is 6.26. The monoisotopic (exact) mass is 525 g/mol. The van der Waals surface area contributed by atoms with E-state index in [1.165, 1.54) is 11.9 Å². The van der Waals surface area contributed by atoms with Crippen molar-refractivity contribution in [2.45, 2.75) is 23.8 Å². The maximum Gasteiger partial charge on any atom is 0.410 e. The van der Waals surface area contributed by atoms with Crippen LogP contribution in [0.15, 0.2) is 121 Å². The van der Waals surface area contributed by atoms with Crippen LogP contribution < -0.4 is 0 Å². The normalized spacial score (nSPS) is 11.9. The largest absolute Gasteiger partial charge is 0.480 e. The minimum Gasteiger partial charge on any atom is -0.480 e. The second kappa shape index (κ2) is 13.0. The second-order valence-electron chi connectivity index (χ2n) is 8.92. The van der Waals surface area contributed by atoms with Crippen LogP contribution in [-0.4, -0.2) is 40.9 Å². The summed E-state index contributed by atoms with van der Waals surface area (Å²) in [5.74, 6) is -0.569. The summed E-state index contributed by atoms with van der Waals surface area (Å²) in [4.78, 5) is 26.1. The fraction of sp³-hybridized carbons (Fsp3) is 0.188. The number of carbonyl (C=O) groups excluding carboxylic acids is 1. The highest BCUT2D eigenvalue weighted by molar-refractivity contribution is 8.00. The first-order valence-electron chi connectivity index (χ1n) is 12.5. The molecule has 0 aliphatic heterocycles. The van der Waals surface area contributed by atoms with E-state index in [1.54, 1.807) is 11.8 Å². The fourth-order valence-electron chi connectivity index (χ4n) is 4.52. The van der Waals surface area contributed by atoms with Crippen molar-refractivity contribution in [3.8, 4) is 0 Å². The Morgan fingerprint density at radius 2 is 1.18 bits per heavy atom. The molecule has 0 fully saturated rings. The molecule has 1 N–H and O–H groups in total. The quantitative estimate of drug-likeness (QED) is 0.218. The van der Waals surface area contributed by atoms with E-state index in [4.69, 9.17) is 4.74 Å². The van der Waals surface area contributed by atoms with Gasteiger partial charge in [-0.1, -0.05) is 121 Å². The van der Waals surface area contributed by atoms with Gasteiger partial charge in [0, 0.05) is 7.05 Å². The van der Waals surface area contributed by atoms with E-state index < -0.39 is 22.9 Å². The zero-order valence-corrected chi connectivity index (χ0v) is 22.1. The number of ether oxygens (including phenoxy) is 1. The lowest BCUT2D eigenvalue weighted by Gasteiger charge is -2.36. The Morgan fingerprint density at radius 1 is 0.763 bits per heavy atom. The smallest absolute Gasteiger partial charge is 0.410 e. The lowest BCUT2D eigenvalue weighted by Crippen LogP contribution is -2.43. The summed E-state index contributed by atoms with van der Waals surface area (Å²) >= 11 is 1.67. The number of hydrogen-bond donors (Lipinski definition) is 1. The topological polar surface area (TPSA) is 66.8 Å². The summed E-state index contributed by atoms with van der Waals surface area (Å²) in [7, 11) is 1.48. The molecule has 0 aromatic heterocycles. The van der Waals surface area contributed by atoms with Gasteiger partial charge in [0.2, 0.25) is 0 Å². The maximum absolute atomic E-state index is 12.7. The molecule has 0 spiro atoms. The number of thioether (sulfide) groups is 1. The molecule has 0 saturated carbocycles. The molecule has 0 bridgehead atoms. The van der Waals surface area contributed by atoms with Gasteiger partial charge in [0.25, 0.3) is 0 Å². The van der Waals surface area contributed by atoms with Crippen LogP contribution in [0.2, 0.25) is 0 Å². The van der Waals surface area contributed by atoms with E-state index in [2.05, 4.69) is 36.4 Å². The van der Waals surface area contributed by atoms with E-state index in [0.717, 1.165) is 22.3 Å². The first kappa shape index (κ1) is 27.0. The van der Waals surface area contributed by atoms with E-state index in [9.17, 15) is 14.7 Å². The number of rotatable bonds is 11. The molecular weight excluding hydrogens is 494 g/mol. The van der Waals surface area contributed by atoms with Gasteiger partial charge < -0.3 is 9.84 Å². The summed E-state index contributed by atoms with van der Waals surface area (Å²) in [6.07, 6.45) is -0.405. The van der Waals surface area contributed by atoms with Gasteiger partial charge in [0.05, 0.1) is 4.75 Å². The van der Waals surface area contributed by atoms with Gasteiger partial charge in [0.1, 0.15) is 12.6 Å². The fourth-order valence-corrected chi connectivity index (χ4v) is 6.08. The molecule has 0 aliphatic rings. The summed E-state index contributed by atoms with van der Waals surface area (Å²) in [5.41, 5.74) is 4.15. The van der Waals surface area contributed by atoms with Gasteiger partial charge >= 0.3 is 12.1 Å². The molecule has 1 amide bonds. The number of likely N-dealkylation sites (N-methyl/N-ethyl adjacent to an activating group) is 1. The van der Waals surface area contributed by atoms with Gasteiger partial charge in [-0.25, -0.2) is 9.59 Å². The average Bonchev–Trinajstić information content (AvgIpc) is 2.97. The minimum absolute atomic E-state index is 0.0875. The lowest BCUT2D eigenvalue weighted by molar-refractivity contribution is -0.142. The Morgan fingerprint density at radius 3 is 1.61 bits per heavy atom.